The highest BCUT2D eigenvalue weighted by Gasteiger charge is 2.27. The molecule has 10 rings (SSSR count). The fraction of sp³-hybridized carbons (Fsp3) is 0.154. The lowest BCUT2D eigenvalue weighted by molar-refractivity contribution is 0.294. The summed E-state index contributed by atoms with van der Waals surface area (Å²) in [6.07, 6.45) is 0. The van der Waals surface area contributed by atoms with E-state index >= 15 is 0 Å². The lowest BCUT2D eigenvalue weighted by Gasteiger charge is -2.29. The summed E-state index contributed by atoms with van der Waals surface area (Å²) in [7, 11) is 0. The van der Waals surface area contributed by atoms with E-state index in [4.69, 9.17) is 9.47 Å². The van der Waals surface area contributed by atoms with Crippen molar-refractivity contribution >= 4 is 21.5 Å². The van der Waals surface area contributed by atoms with E-state index in [-0.39, 0.29) is 24.2 Å². The first kappa shape index (κ1) is 35.5. The molecule has 0 spiro atoms. The predicted molar refractivity (Wildman–Crippen MR) is 229 cm³/mol. The Morgan fingerprint density at radius 3 is 1.29 bits per heavy atom. The van der Waals surface area contributed by atoms with Gasteiger partial charge in [0.1, 0.15) is 24.7 Å². The zero-order chi connectivity index (χ0) is 37.8. The van der Waals surface area contributed by atoms with Gasteiger partial charge < -0.3 is 9.47 Å². The number of hydrogen-bond donors (Lipinski definition) is 2. The van der Waals surface area contributed by atoms with Gasteiger partial charge in [0.2, 0.25) is 0 Å². The standard InChI is InChI=1S/C52H46N2O2/c1-35(39-16-5-3-6-17-39)53-51-43-24-26-44(27-25-43)52(54-36(2)40-18-7-4-8-19-40)50-46-23-12-10-21-42(46)29-31-48(50)56-34-38-15-13-14-37(32-38)33-55-47-30-28-41-20-9-11-22-45(41)49(47)51/h3-32,35-36,51-54H,33-34H2,1-2H3/t35-,36-,51-,52?/m1/s1. The average Bonchev–Trinajstić information content (AvgIpc) is 3.26. The molecule has 0 aromatic heterocycles. The molecule has 2 aliphatic heterocycles. The number of nitrogens with one attached hydrogen (secondary N) is 2. The summed E-state index contributed by atoms with van der Waals surface area (Å²) >= 11 is 0. The SMILES string of the molecule is C[C@@H](NC1c2ccc(cc2)[C@@H](N[C@H](C)c2ccccc2)c2c(ccc3ccccc23)OCc2cccc(c2)COc2ccc3ccccc3c21)c1ccccc1. The van der Waals surface area contributed by atoms with Crippen LogP contribution in [0.5, 0.6) is 11.5 Å². The Morgan fingerprint density at radius 2 is 0.839 bits per heavy atom. The average molecular weight is 731 g/mol. The van der Waals surface area contributed by atoms with Crippen LogP contribution >= 0.6 is 0 Å². The second kappa shape index (κ2) is 15.9. The number of hydrogen-bond acceptors (Lipinski definition) is 4. The summed E-state index contributed by atoms with van der Waals surface area (Å²) in [5.74, 6) is 1.73. The summed E-state index contributed by atoms with van der Waals surface area (Å²) in [6.45, 7) is 5.36. The molecule has 0 fully saturated rings. The molecule has 0 saturated heterocycles. The van der Waals surface area contributed by atoms with Crippen LogP contribution in [-0.2, 0) is 13.2 Å². The second-order valence-electron chi connectivity index (χ2n) is 14.9. The van der Waals surface area contributed by atoms with Crippen molar-refractivity contribution in [3.63, 3.8) is 0 Å². The van der Waals surface area contributed by atoms with Crippen molar-refractivity contribution in [1.82, 2.24) is 10.6 Å². The first-order valence-electron chi connectivity index (χ1n) is 19.7. The molecule has 4 atom stereocenters. The van der Waals surface area contributed by atoms with E-state index in [0.717, 1.165) is 44.9 Å². The Kier molecular flexibility index (Phi) is 10.1. The lowest BCUT2D eigenvalue weighted by Crippen LogP contribution is -2.27. The predicted octanol–water partition coefficient (Wildman–Crippen LogP) is 12.3. The maximum Gasteiger partial charge on any atom is 0.125 e. The van der Waals surface area contributed by atoms with E-state index in [2.05, 4.69) is 206 Å². The molecule has 276 valence electrons. The monoisotopic (exact) mass is 730 g/mol. The maximum atomic E-state index is 6.83. The van der Waals surface area contributed by atoms with E-state index < -0.39 is 0 Å². The Hall–Kier alpha value is -6.20. The van der Waals surface area contributed by atoms with Crippen molar-refractivity contribution in [3.05, 3.63) is 226 Å². The van der Waals surface area contributed by atoms with Crippen LogP contribution in [0.25, 0.3) is 21.5 Å². The molecule has 56 heavy (non-hydrogen) atoms. The van der Waals surface area contributed by atoms with Crippen LogP contribution in [-0.4, -0.2) is 0 Å². The molecule has 8 aromatic rings. The summed E-state index contributed by atoms with van der Waals surface area (Å²) < 4.78 is 13.7. The molecule has 8 aromatic carbocycles. The van der Waals surface area contributed by atoms with Crippen LogP contribution in [0.3, 0.4) is 0 Å². The number of rotatable bonds is 6. The summed E-state index contributed by atoms with van der Waals surface area (Å²) in [5.41, 5.74) is 9.23. The quantitative estimate of drug-likeness (QED) is 0.179. The van der Waals surface area contributed by atoms with Crippen LogP contribution in [0.2, 0.25) is 0 Å². The molecule has 2 heterocycles. The topological polar surface area (TPSA) is 42.5 Å². The highest BCUT2D eigenvalue weighted by molar-refractivity contribution is 5.90. The van der Waals surface area contributed by atoms with E-state index in [9.17, 15) is 0 Å². The molecule has 2 aliphatic rings. The maximum absolute atomic E-state index is 6.83. The third kappa shape index (κ3) is 7.29. The van der Waals surface area contributed by atoms with Gasteiger partial charge in [-0.2, -0.15) is 0 Å². The van der Waals surface area contributed by atoms with E-state index in [1.54, 1.807) is 0 Å². The minimum atomic E-state index is -0.173. The van der Waals surface area contributed by atoms with Crippen LogP contribution in [0.1, 0.15) is 82.5 Å². The Morgan fingerprint density at radius 1 is 0.429 bits per heavy atom. The van der Waals surface area contributed by atoms with Gasteiger partial charge in [0.05, 0.1) is 12.1 Å². The minimum absolute atomic E-state index is 0.0648. The van der Waals surface area contributed by atoms with Gasteiger partial charge in [-0.1, -0.05) is 164 Å². The van der Waals surface area contributed by atoms with Crippen molar-refractivity contribution in [1.29, 1.82) is 0 Å². The molecular weight excluding hydrogens is 685 g/mol. The van der Waals surface area contributed by atoms with Gasteiger partial charge in [-0.15, -0.1) is 0 Å². The first-order chi connectivity index (χ1) is 27.6. The van der Waals surface area contributed by atoms with Gasteiger partial charge in [0.25, 0.3) is 0 Å². The smallest absolute Gasteiger partial charge is 0.125 e. The highest BCUT2D eigenvalue weighted by Crippen LogP contribution is 2.42. The lowest BCUT2D eigenvalue weighted by atomic mass is 9.88. The van der Waals surface area contributed by atoms with Crippen molar-refractivity contribution in [2.24, 2.45) is 0 Å². The highest BCUT2D eigenvalue weighted by atomic mass is 16.5. The van der Waals surface area contributed by atoms with Crippen molar-refractivity contribution in [3.8, 4) is 11.5 Å². The minimum Gasteiger partial charge on any atom is -0.489 e. The largest absolute Gasteiger partial charge is 0.489 e. The van der Waals surface area contributed by atoms with Gasteiger partial charge >= 0.3 is 0 Å². The molecular formula is C52H46N2O2. The Balaban J connectivity index is 1.25. The number of benzene rings is 8. The van der Waals surface area contributed by atoms with Gasteiger partial charge in [-0.25, -0.2) is 0 Å². The molecule has 4 heteroatoms. The normalized spacial score (nSPS) is 16.5. The zero-order valence-corrected chi connectivity index (χ0v) is 31.9. The van der Waals surface area contributed by atoms with E-state index in [1.807, 2.05) is 0 Å². The van der Waals surface area contributed by atoms with Crippen molar-refractivity contribution in [2.45, 2.75) is 51.2 Å². The summed E-state index contributed by atoms with van der Waals surface area (Å²) in [6, 6.07) is 64.8. The third-order valence-corrected chi connectivity index (χ3v) is 11.3. The van der Waals surface area contributed by atoms with Crippen molar-refractivity contribution < 1.29 is 9.47 Å². The van der Waals surface area contributed by atoms with Gasteiger partial charge in [0.15, 0.2) is 0 Å². The zero-order valence-electron chi connectivity index (χ0n) is 31.9. The van der Waals surface area contributed by atoms with Crippen LogP contribution < -0.4 is 20.1 Å². The van der Waals surface area contributed by atoms with Gasteiger partial charge in [0, 0.05) is 23.2 Å². The summed E-state index contributed by atoms with van der Waals surface area (Å²) in [5, 5.41) is 12.8. The van der Waals surface area contributed by atoms with Crippen LogP contribution in [0.4, 0.5) is 0 Å². The molecule has 4 nitrogen and oxygen atoms in total. The molecule has 4 bridgehead atoms. The van der Waals surface area contributed by atoms with Gasteiger partial charge in [-0.3, -0.25) is 10.6 Å². The van der Waals surface area contributed by atoms with Crippen LogP contribution in [0, 0.1) is 0 Å². The molecule has 0 radical (unpaired) electrons. The fourth-order valence-corrected chi connectivity index (χ4v) is 8.28. The Labute approximate surface area is 329 Å². The number of ether oxygens (including phenoxy) is 2. The molecule has 2 N–H and O–H groups in total. The van der Waals surface area contributed by atoms with Crippen LogP contribution in [0.15, 0.2) is 182 Å². The molecule has 0 aliphatic carbocycles. The Bertz CT molecular complexity index is 2410. The van der Waals surface area contributed by atoms with Crippen molar-refractivity contribution in [2.75, 3.05) is 0 Å². The van der Waals surface area contributed by atoms with E-state index in [1.165, 1.54) is 32.7 Å². The second-order valence-corrected chi connectivity index (χ2v) is 14.9. The molecule has 0 saturated carbocycles. The molecule has 0 amide bonds. The van der Waals surface area contributed by atoms with Gasteiger partial charge in [-0.05, 0) is 87.0 Å². The first-order valence-corrected chi connectivity index (χ1v) is 19.7. The summed E-state index contributed by atoms with van der Waals surface area (Å²) in [4.78, 5) is 0. The van der Waals surface area contributed by atoms with E-state index in [0.29, 0.717) is 13.2 Å². The molecule has 1 unspecified atom stereocenters. The fourth-order valence-electron chi connectivity index (χ4n) is 8.28. The third-order valence-electron chi connectivity index (χ3n) is 11.3. The number of fused-ring (bicyclic) bond motifs is 6.